The average molecular weight is 218 g/mol. The molecule has 0 spiro atoms. The van der Waals surface area contributed by atoms with Gasteiger partial charge in [0.05, 0.1) is 13.0 Å². The van der Waals surface area contributed by atoms with Crippen molar-refractivity contribution in [3.63, 3.8) is 0 Å². The van der Waals surface area contributed by atoms with Crippen molar-refractivity contribution in [2.75, 3.05) is 13.0 Å². The van der Waals surface area contributed by atoms with E-state index < -0.39 is 0 Å². The summed E-state index contributed by atoms with van der Waals surface area (Å²) in [6.45, 7) is 0. The standard InChI is InChI=1S/C5H7NO2S.2ClH/c1-8-5(7)6-2-3-9-4-6;;/h2-3H,4H2,1H3;2*1H. The molecule has 1 aliphatic rings. The molecule has 0 fully saturated rings. The quantitative estimate of drug-likeness (QED) is 0.623. The van der Waals surface area contributed by atoms with Crippen molar-refractivity contribution in [1.29, 1.82) is 0 Å². The molecule has 1 rings (SSSR count). The number of thioether (sulfide) groups is 1. The van der Waals surface area contributed by atoms with Crippen LogP contribution in [0.3, 0.4) is 0 Å². The lowest BCUT2D eigenvalue weighted by Gasteiger charge is -2.08. The van der Waals surface area contributed by atoms with Crippen LogP contribution in [0.25, 0.3) is 0 Å². The Hall–Kier alpha value is -0.0600. The molecule has 6 heteroatoms. The van der Waals surface area contributed by atoms with Gasteiger partial charge in [0.25, 0.3) is 0 Å². The normalized spacial score (nSPS) is 13.4. The molecule has 1 amide bonds. The number of hydrogen-bond acceptors (Lipinski definition) is 3. The fraction of sp³-hybridized carbons (Fsp3) is 0.400. The van der Waals surface area contributed by atoms with Crippen LogP contribution in [0.4, 0.5) is 4.79 Å². The van der Waals surface area contributed by atoms with Crippen LogP contribution in [0.1, 0.15) is 0 Å². The Balaban J connectivity index is 0. The zero-order valence-electron chi connectivity index (χ0n) is 5.85. The minimum atomic E-state index is -0.295. The van der Waals surface area contributed by atoms with Gasteiger partial charge in [-0.3, -0.25) is 4.90 Å². The van der Waals surface area contributed by atoms with Gasteiger partial charge in [0, 0.05) is 6.20 Å². The van der Waals surface area contributed by atoms with Gasteiger partial charge >= 0.3 is 6.09 Å². The maximum atomic E-state index is 10.7. The van der Waals surface area contributed by atoms with Crippen LogP contribution in [-0.4, -0.2) is 24.0 Å². The number of rotatable bonds is 0. The van der Waals surface area contributed by atoms with E-state index in [2.05, 4.69) is 4.74 Å². The maximum Gasteiger partial charge on any atom is 0.414 e. The summed E-state index contributed by atoms with van der Waals surface area (Å²) in [6.07, 6.45) is 1.41. The molecule has 1 heterocycles. The first-order valence-corrected chi connectivity index (χ1v) is 3.52. The Bertz CT molecular complexity index is 153. The molecular formula is C5H9Cl2NO2S. The lowest BCUT2D eigenvalue weighted by Crippen LogP contribution is -2.22. The minimum Gasteiger partial charge on any atom is -0.452 e. The van der Waals surface area contributed by atoms with Gasteiger partial charge < -0.3 is 4.74 Å². The Kier molecular flexibility index (Phi) is 8.16. The number of methoxy groups -OCH3 is 1. The van der Waals surface area contributed by atoms with Gasteiger partial charge in [-0.2, -0.15) is 0 Å². The molecule has 0 radical (unpaired) electrons. The highest BCUT2D eigenvalue weighted by atomic mass is 35.5. The molecule has 0 aliphatic carbocycles. The molecule has 0 aromatic heterocycles. The molecule has 0 aromatic rings. The highest BCUT2D eigenvalue weighted by Crippen LogP contribution is 2.15. The van der Waals surface area contributed by atoms with E-state index in [-0.39, 0.29) is 30.9 Å². The summed E-state index contributed by atoms with van der Waals surface area (Å²) in [5.41, 5.74) is 0. The summed E-state index contributed by atoms with van der Waals surface area (Å²) in [6, 6.07) is 0. The summed E-state index contributed by atoms with van der Waals surface area (Å²) in [5.74, 6) is 0.673. The first kappa shape index (κ1) is 13.5. The second-order valence-corrected chi connectivity index (χ2v) is 2.38. The summed E-state index contributed by atoms with van der Waals surface area (Å²) in [5, 5.41) is 1.86. The van der Waals surface area contributed by atoms with Crippen LogP contribution >= 0.6 is 36.6 Å². The van der Waals surface area contributed by atoms with E-state index in [1.54, 1.807) is 18.0 Å². The molecule has 0 bridgehead atoms. The number of carbonyl (C=O) groups is 1. The second-order valence-electron chi connectivity index (χ2n) is 1.52. The Morgan fingerprint density at radius 1 is 1.64 bits per heavy atom. The third-order valence-electron chi connectivity index (χ3n) is 0.960. The van der Waals surface area contributed by atoms with Gasteiger partial charge in [-0.1, -0.05) is 0 Å². The highest BCUT2D eigenvalue weighted by molar-refractivity contribution is 8.02. The smallest absolute Gasteiger partial charge is 0.414 e. The fourth-order valence-electron chi connectivity index (χ4n) is 0.514. The van der Waals surface area contributed by atoms with E-state index in [1.807, 2.05) is 5.41 Å². The SMILES string of the molecule is COC(=O)N1C=CSC1.Cl.Cl. The molecule has 0 N–H and O–H groups in total. The number of hydrogen-bond donors (Lipinski definition) is 0. The summed E-state index contributed by atoms with van der Waals surface area (Å²) >= 11 is 1.57. The Morgan fingerprint density at radius 3 is 2.64 bits per heavy atom. The predicted octanol–water partition coefficient (Wildman–Crippen LogP) is 2.07. The average Bonchev–Trinajstić information content (AvgIpc) is 2.37. The molecule has 0 saturated heterocycles. The van der Waals surface area contributed by atoms with Gasteiger partial charge in [0.2, 0.25) is 0 Å². The minimum absolute atomic E-state index is 0. The topological polar surface area (TPSA) is 29.5 Å². The molecule has 3 nitrogen and oxygen atoms in total. The highest BCUT2D eigenvalue weighted by Gasteiger charge is 2.12. The van der Waals surface area contributed by atoms with Crippen molar-refractivity contribution in [2.24, 2.45) is 0 Å². The summed E-state index contributed by atoms with van der Waals surface area (Å²) < 4.78 is 4.46. The zero-order chi connectivity index (χ0) is 6.69. The number of nitrogens with zero attached hydrogens (tertiary/aromatic N) is 1. The molecule has 0 aromatic carbocycles. The predicted molar refractivity (Wildman–Crippen MR) is 50.3 cm³/mol. The molecule has 1 aliphatic heterocycles. The van der Waals surface area contributed by atoms with Crippen molar-refractivity contribution >= 4 is 42.7 Å². The summed E-state index contributed by atoms with van der Waals surface area (Å²) in [4.78, 5) is 12.2. The van der Waals surface area contributed by atoms with Crippen LogP contribution in [0, 0.1) is 0 Å². The number of halogens is 2. The third-order valence-corrected chi connectivity index (χ3v) is 1.70. The van der Waals surface area contributed by atoms with E-state index in [0.29, 0.717) is 5.88 Å². The lowest BCUT2D eigenvalue weighted by molar-refractivity contribution is 0.146. The largest absolute Gasteiger partial charge is 0.452 e. The van der Waals surface area contributed by atoms with Gasteiger partial charge in [-0.25, -0.2) is 4.79 Å². The lowest BCUT2D eigenvalue weighted by atomic mass is 10.8. The molecule has 66 valence electrons. The third kappa shape index (κ3) is 3.74. The van der Waals surface area contributed by atoms with Crippen LogP contribution in [-0.2, 0) is 4.74 Å². The number of amides is 1. The summed E-state index contributed by atoms with van der Waals surface area (Å²) in [7, 11) is 1.37. The van der Waals surface area contributed by atoms with Gasteiger partial charge in [0.15, 0.2) is 0 Å². The van der Waals surface area contributed by atoms with Gasteiger partial charge in [-0.05, 0) is 5.41 Å². The van der Waals surface area contributed by atoms with E-state index in [0.717, 1.165) is 0 Å². The monoisotopic (exact) mass is 217 g/mol. The molecule has 0 atom stereocenters. The second kappa shape index (κ2) is 6.64. The first-order valence-electron chi connectivity index (χ1n) is 2.47. The van der Waals surface area contributed by atoms with Crippen molar-refractivity contribution in [1.82, 2.24) is 4.90 Å². The molecule has 0 saturated carbocycles. The van der Waals surface area contributed by atoms with Crippen LogP contribution in [0.15, 0.2) is 11.6 Å². The first-order chi connectivity index (χ1) is 4.34. The van der Waals surface area contributed by atoms with Crippen LogP contribution in [0.2, 0.25) is 0 Å². The van der Waals surface area contributed by atoms with Crippen molar-refractivity contribution in [3.8, 4) is 0 Å². The molecule has 0 unspecified atom stereocenters. The number of ether oxygens (including phenoxy) is 1. The Morgan fingerprint density at radius 2 is 2.27 bits per heavy atom. The van der Waals surface area contributed by atoms with Crippen molar-refractivity contribution in [3.05, 3.63) is 11.6 Å². The van der Waals surface area contributed by atoms with Crippen LogP contribution < -0.4 is 0 Å². The fourth-order valence-corrected chi connectivity index (χ4v) is 1.18. The van der Waals surface area contributed by atoms with Crippen molar-refractivity contribution in [2.45, 2.75) is 0 Å². The van der Waals surface area contributed by atoms with Crippen LogP contribution in [0.5, 0.6) is 0 Å². The zero-order valence-corrected chi connectivity index (χ0v) is 8.30. The van der Waals surface area contributed by atoms with Crippen molar-refractivity contribution < 1.29 is 9.53 Å². The number of carbonyl (C=O) groups excluding carboxylic acids is 1. The maximum absolute atomic E-state index is 10.7. The van der Waals surface area contributed by atoms with Gasteiger partial charge in [-0.15, -0.1) is 36.6 Å². The molecule has 11 heavy (non-hydrogen) atoms. The Labute approximate surface area is 82.0 Å². The molecular weight excluding hydrogens is 209 g/mol. The van der Waals surface area contributed by atoms with E-state index >= 15 is 0 Å². The van der Waals surface area contributed by atoms with Gasteiger partial charge in [0.1, 0.15) is 0 Å². The van der Waals surface area contributed by atoms with E-state index in [4.69, 9.17) is 0 Å². The van der Waals surface area contributed by atoms with E-state index in [1.165, 1.54) is 12.0 Å². The van der Waals surface area contributed by atoms with E-state index in [9.17, 15) is 4.79 Å².